The van der Waals surface area contributed by atoms with E-state index in [-0.39, 0.29) is 52.7 Å². The van der Waals surface area contributed by atoms with E-state index in [0.29, 0.717) is 65.8 Å². The van der Waals surface area contributed by atoms with Crippen LogP contribution in [0.15, 0.2) is 30.5 Å². The number of fused-ring (bicyclic) bond motifs is 3. The van der Waals surface area contributed by atoms with Crippen molar-refractivity contribution in [2.24, 2.45) is 5.41 Å². The van der Waals surface area contributed by atoms with Crippen LogP contribution < -0.4 is 9.64 Å². The fourth-order valence-corrected chi connectivity index (χ4v) is 9.65. The molecule has 4 aromatic rings. The Balaban J connectivity index is 1.21. The number of β-amino-alcohol motifs (C(OH)–C–C–N with tert-alkyl or cyclic N) is 1. The number of methoxy groups -OCH3 is 1. The molecule has 2 saturated carbocycles. The van der Waals surface area contributed by atoms with Crippen LogP contribution in [0.1, 0.15) is 71.3 Å². The van der Waals surface area contributed by atoms with E-state index in [4.69, 9.17) is 24.2 Å². The molecule has 278 valence electrons. The highest BCUT2D eigenvalue weighted by Gasteiger charge is 2.54. The van der Waals surface area contributed by atoms with Gasteiger partial charge in [0, 0.05) is 42.9 Å². The number of hydrogen-bond acceptors (Lipinski definition) is 10. The van der Waals surface area contributed by atoms with Gasteiger partial charge in [0.15, 0.2) is 5.82 Å². The van der Waals surface area contributed by atoms with Gasteiger partial charge in [0.25, 0.3) is 0 Å². The van der Waals surface area contributed by atoms with Crippen LogP contribution in [-0.2, 0) is 15.9 Å². The molecule has 4 aliphatic rings. The third kappa shape index (κ3) is 6.15. The lowest BCUT2D eigenvalue weighted by atomic mass is 9.70. The van der Waals surface area contributed by atoms with Gasteiger partial charge in [-0.15, -0.1) is 0 Å². The summed E-state index contributed by atoms with van der Waals surface area (Å²) in [5.74, 6) is -0.829. The minimum Gasteiger partial charge on any atom is -0.508 e. The number of aromatic hydroxyl groups is 1. The maximum absolute atomic E-state index is 17.1. The van der Waals surface area contributed by atoms with Crippen molar-refractivity contribution in [3.8, 4) is 23.0 Å². The Hall–Kier alpha value is -3.71. The summed E-state index contributed by atoms with van der Waals surface area (Å²) in [5.41, 5.74) is -0.685. The van der Waals surface area contributed by atoms with Gasteiger partial charge in [-0.2, -0.15) is 9.97 Å². The number of ether oxygens (including phenoxy) is 3. The van der Waals surface area contributed by atoms with Crippen LogP contribution in [0.5, 0.6) is 11.8 Å². The van der Waals surface area contributed by atoms with E-state index in [2.05, 4.69) is 16.8 Å². The SMILES string of the molecule is CCc1c(F)ccc2cc(O)cc(-c3ncc4c(N5CCOC[C@@](C)(O)C5)nc(OCC56CCCC5N(C5CC(C)(OC)C5)CCC6)nc4c3F)c12. The van der Waals surface area contributed by atoms with Crippen LogP contribution in [0.3, 0.4) is 0 Å². The number of phenols is 1. The zero-order valence-corrected chi connectivity index (χ0v) is 30.6. The summed E-state index contributed by atoms with van der Waals surface area (Å²) in [6, 6.07) is 6.83. The standard InChI is InChI=1S/C40H49F2N5O5/c1-5-27-30(41)10-9-24-16-26(48)17-28(32(24)27)34-33(42)35-29(20-43-34)36(46-14-15-51-22-38(2,49)21-46)45-37(44-35)52-23-40-11-6-8-31(40)47(13-7-12-40)25-18-39(3,19-25)50-4/h9-10,16-17,20,25,31,48-49H,5-8,11-15,18-19,21-23H2,1-4H3/t25?,31?,38-,39?,40?/m0/s1. The van der Waals surface area contributed by atoms with Crippen LogP contribution in [0.25, 0.3) is 32.9 Å². The van der Waals surface area contributed by atoms with Gasteiger partial charge in [0.05, 0.1) is 37.4 Å². The lowest BCUT2D eigenvalue weighted by Crippen LogP contribution is -2.62. The van der Waals surface area contributed by atoms with E-state index < -0.39 is 17.2 Å². The minimum absolute atomic E-state index is 0.000172. The molecular formula is C40H49F2N5O5. The third-order valence-corrected chi connectivity index (χ3v) is 12.3. The molecule has 2 aliphatic heterocycles. The monoisotopic (exact) mass is 717 g/mol. The minimum atomic E-state index is -1.18. The number of phenolic OH excluding ortho intramolecular Hbond substituents is 1. The number of benzene rings is 2. The molecule has 0 spiro atoms. The Kier molecular flexibility index (Phi) is 9.03. The van der Waals surface area contributed by atoms with Crippen molar-refractivity contribution in [2.45, 2.75) is 95.4 Å². The van der Waals surface area contributed by atoms with Gasteiger partial charge in [-0.05, 0) is 99.9 Å². The van der Waals surface area contributed by atoms with E-state index in [0.717, 1.165) is 51.5 Å². The van der Waals surface area contributed by atoms with E-state index in [1.54, 1.807) is 26.2 Å². The smallest absolute Gasteiger partial charge is 0.319 e. The van der Waals surface area contributed by atoms with Gasteiger partial charge in [0.2, 0.25) is 0 Å². The molecular weight excluding hydrogens is 668 g/mol. The van der Waals surface area contributed by atoms with Gasteiger partial charge in [-0.3, -0.25) is 9.88 Å². The molecule has 2 N–H and O–H groups in total. The molecule has 52 heavy (non-hydrogen) atoms. The first-order valence-electron chi connectivity index (χ1n) is 18.7. The van der Waals surface area contributed by atoms with Gasteiger partial charge in [-0.25, -0.2) is 8.78 Å². The molecule has 8 rings (SSSR count). The molecule has 2 saturated heterocycles. The molecule has 2 aliphatic carbocycles. The number of anilines is 1. The van der Waals surface area contributed by atoms with Crippen LogP contribution in [0, 0.1) is 17.0 Å². The average molecular weight is 718 g/mol. The highest BCUT2D eigenvalue weighted by atomic mass is 19.1. The number of aryl methyl sites for hydroxylation is 1. The molecule has 2 unspecified atom stereocenters. The Morgan fingerprint density at radius 1 is 1.08 bits per heavy atom. The number of hydrogen-bond donors (Lipinski definition) is 2. The zero-order valence-electron chi connectivity index (χ0n) is 30.6. The van der Waals surface area contributed by atoms with Crippen molar-refractivity contribution in [2.75, 3.05) is 51.5 Å². The van der Waals surface area contributed by atoms with E-state index in [9.17, 15) is 10.2 Å². The summed E-state index contributed by atoms with van der Waals surface area (Å²) in [4.78, 5) is 18.7. The molecule has 4 heterocycles. The van der Waals surface area contributed by atoms with Crippen molar-refractivity contribution in [1.29, 1.82) is 0 Å². The quantitative estimate of drug-likeness (QED) is 0.208. The molecule has 2 aromatic carbocycles. The predicted octanol–water partition coefficient (Wildman–Crippen LogP) is 6.56. The van der Waals surface area contributed by atoms with Gasteiger partial charge >= 0.3 is 6.01 Å². The van der Waals surface area contributed by atoms with Gasteiger partial charge in [0.1, 0.15) is 34.2 Å². The molecule has 3 atom stereocenters. The van der Waals surface area contributed by atoms with Crippen LogP contribution in [0.2, 0.25) is 0 Å². The summed E-state index contributed by atoms with van der Waals surface area (Å²) in [6.07, 6.45) is 9.31. The number of aromatic nitrogens is 3. The van der Waals surface area contributed by atoms with Crippen molar-refractivity contribution in [1.82, 2.24) is 19.9 Å². The number of halogens is 2. The molecule has 12 heteroatoms. The van der Waals surface area contributed by atoms with Crippen LogP contribution >= 0.6 is 0 Å². The molecule has 2 aromatic heterocycles. The van der Waals surface area contributed by atoms with Crippen LogP contribution in [0.4, 0.5) is 14.6 Å². The lowest BCUT2D eigenvalue weighted by Gasteiger charge is -2.56. The summed E-state index contributed by atoms with van der Waals surface area (Å²) in [5, 5.41) is 23.2. The van der Waals surface area contributed by atoms with Crippen molar-refractivity contribution in [3.05, 3.63) is 47.7 Å². The van der Waals surface area contributed by atoms with Crippen molar-refractivity contribution < 1.29 is 33.2 Å². The number of rotatable bonds is 8. The molecule has 0 radical (unpaired) electrons. The topological polar surface area (TPSA) is 113 Å². The number of nitrogens with zero attached hydrogens (tertiary/aromatic N) is 5. The molecule has 0 amide bonds. The van der Waals surface area contributed by atoms with Gasteiger partial charge in [-0.1, -0.05) is 19.4 Å². The van der Waals surface area contributed by atoms with E-state index in [1.807, 2.05) is 11.8 Å². The molecule has 10 nitrogen and oxygen atoms in total. The van der Waals surface area contributed by atoms with E-state index in [1.165, 1.54) is 18.3 Å². The highest BCUT2D eigenvalue weighted by Crippen LogP contribution is 2.52. The summed E-state index contributed by atoms with van der Waals surface area (Å²) in [6.45, 7) is 8.30. The first kappa shape index (κ1) is 35.3. The van der Waals surface area contributed by atoms with Crippen molar-refractivity contribution in [3.63, 3.8) is 0 Å². The Labute approximate surface area is 303 Å². The first-order valence-corrected chi connectivity index (χ1v) is 18.7. The predicted molar refractivity (Wildman–Crippen MR) is 195 cm³/mol. The number of pyridine rings is 1. The second-order valence-corrected chi connectivity index (χ2v) is 16.1. The lowest BCUT2D eigenvalue weighted by molar-refractivity contribution is -0.134. The first-order chi connectivity index (χ1) is 24.9. The second kappa shape index (κ2) is 13.3. The fraction of sp³-hybridized carbons (Fsp3) is 0.575. The summed E-state index contributed by atoms with van der Waals surface area (Å²) in [7, 11) is 1.80. The summed E-state index contributed by atoms with van der Waals surface area (Å²) < 4.78 is 50.3. The maximum Gasteiger partial charge on any atom is 0.319 e. The third-order valence-electron chi connectivity index (χ3n) is 12.3. The largest absolute Gasteiger partial charge is 0.508 e. The Bertz CT molecular complexity index is 2010. The zero-order chi connectivity index (χ0) is 36.4. The Morgan fingerprint density at radius 3 is 2.67 bits per heavy atom. The van der Waals surface area contributed by atoms with Gasteiger partial charge < -0.3 is 29.3 Å². The maximum atomic E-state index is 17.1. The van der Waals surface area contributed by atoms with E-state index >= 15 is 8.78 Å². The summed E-state index contributed by atoms with van der Waals surface area (Å²) >= 11 is 0. The average Bonchev–Trinajstić information content (AvgIpc) is 3.46. The second-order valence-electron chi connectivity index (χ2n) is 16.1. The molecule has 0 bridgehead atoms. The fourth-order valence-electron chi connectivity index (χ4n) is 9.65. The van der Waals surface area contributed by atoms with Crippen molar-refractivity contribution >= 4 is 27.5 Å². The number of likely N-dealkylation sites (tertiary alicyclic amines) is 1. The normalized spacial score (nSPS) is 29.6. The van der Waals surface area contributed by atoms with Crippen LogP contribution in [-0.4, -0.2) is 99.9 Å². The Morgan fingerprint density at radius 2 is 1.88 bits per heavy atom. The molecule has 4 fully saturated rings. The highest BCUT2D eigenvalue weighted by molar-refractivity contribution is 6.01. The number of aliphatic hydroxyl groups is 1. The number of piperidine rings is 1.